The number of halogens is 1. The van der Waals surface area contributed by atoms with Gasteiger partial charge in [-0.2, -0.15) is 4.37 Å². The molecule has 1 atom stereocenters. The van der Waals surface area contributed by atoms with E-state index in [2.05, 4.69) is 9.10 Å². The van der Waals surface area contributed by atoms with Gasteiger partial charge in [-0.1, -0.05) is 11.6 Å². The van der Waals surface area contributed by atoms with Gasteiger partial charge in [0.15, 0.2) is 0 Å². The highest BCUT2D eigenvalue weighted by Gasteiger charge is 2.19. The molecule has 1 heterocycles. The summed E-state index contributed by atoms with van der Waals surface area (Å²) >= 11 is 7.10. The van der Waals surface area contributed by atoms with Crippen molar-refractivity contribution in [1.82, 2.24) is 9.10 Å². The summed E-state index contributed by atoms with van der Waals surface area (Å²) in [4.78, 5) is 1.24. The van der Waals surface area contributed by atoms with Crippen LogP contribution in [0.4, 0.5) is 0 Å². The van der Waals surface area contributed by atoms with Crippen molar-refractivity contribution in [3.63, 3.8) is 0 Å². The highest BCUT2D eigenvalue weighted by atomic mass is 35.5. The average Bonchev–Trinajstić information content (AvgIpc) is 2.76. The van der Waals surface area contributed by atoms with Gasteiger partial charge >= 0.3 is 0 Å². The van der Waals surface area contributed by atoms with Gasteiger partial charge in [-0.3, -0.25) is 0 Å². The second kappa shape index (κ2) is 5.58. The molecule has 0 bridgehead atoms. The van der Waals surface area contributed by atoms with Crippen LogP contribution in [-0.4, -0.2) is 12.8 Å². The Bertz CT molecular complexity index is 665. The first-order valence-electron chi connectivity index (χ1n) is 5.59. The summed E-state index contributed by atoms with van der Waals surface area (Å²) in [5.41, 5.74) is 0.722. The van der Waals surface area contributed by atoms with Crippen molar-refractivity contribution in [1.29, 1.82) is 0 Å². The molecule has 19 heavy (non-hydrogen) atoms. The van der Waals surface area contributed by atoms with Crippen LogP contribution >= 0.6 is 23.1 Å². The highest BCUT2D eigenvalue weighted by Crippen LogP contribution is 2.19. The molecule has 0 aliphatic rings. The molecule has 1 aromatic heterocycles. The van der Waals surface area contributed by atoms with Gasteiger partial charge in [-0.15, -0.1) is 0 Å². The Kier molecular flexibility index (Phi) is 4.25. The molecule has 0 spiro atoms. The fourth-order valence-electron chi connectivity index (χ4n) is 1.56. The quantitative estimate of drug-likeness (QED) is 0.942. The van der Waals surface area contributed by atoms with E-state index in [1.165, 1.54) is 23.7 Å². The van der Waals surface area contributed by atoms with E-state index in [1.807, 2.05) is 13.0 Å². The number of benzene rings is 1. The summed E-state index contributed by atoms with van der Waals surface area (Å²) in [6.07, 6.45) is 0. The topological polar surface area (TPSA) is 59.1 Å². The normalized spacial score (nSPS) is 13.4. The summed E-state index contributed by atoms with van der Waals surface area (Å²) in [6, 6.07) is 7.56. The van der Waals surface area contributed by atoms with Crippen molar-refractivity contribution < 1.29 is 8.42 Å². The lowest BCUT2D eigenvalue weighted by Crippen LogP contribution is -2.27. The van der Waals surface area contributed by atoms with E-state index in [4.69, 9.17) is 11.6 Å². The van der Waals surface area contributed by atoms with Crippen molar-refractivity contribution >= 4 is 33.2 Å². The molecule has 0 aliphatic heterocycles. The summed E-state index contributed by atoms with van der Waals surface area (Å²) in [5, 5.41) is 0.502. The van der Waals surface area contributed by atoms with Crippen LogP contribution in [0.3, 0.4) is 0 Å². The van der Waals surface area contributed by atoms with Gasteiger partial charge < -0.3 is 0 Å². The smallest absolute Gasteiger partial charge is 0.207 e. The van der Waals surface area contributed by atoms with Gasteiger partial charge in [0, 0.05) is 9.90 Å². The summed E-state index contributed by atoms with van der Waals surface area (Å²) < 4.78 is 31.1. The zero-order chi connectivity index (χ0) is 14.0. The zero-order valence-corrected chi connectivity index (χ0v) is 12.8. The van der Waals surface area contributed by atoms with Crippen molar-refractivity contribution in [2.75, 3.05) is 0 Å². The van der Waals surface area contributed by atoms with Crippen LogP contribution in [0.2, 0.25) is 5.02 Å². The standard InChI is InChI=1S/C12H13ClN2O2S2/c1-8-7-12(14-18-8)9(2)15-19(16,17)11-5-3-10(13)4-6-11/h3-7,9,15H,1-2H3. The third kappa shape index (κ3) is 3.54. The summed E-state index contributed by atoms with van der Waals surface area (Å²) in [5.74, 6) is 0. The molecule has 4 nitrogen and oxygen atoms in total. The third-order valence-corrected chi connectivity index (χ3v) is 5.06. The Morgan fingerprint density at radius 2 is 1.95 bits per heavy atom. The van der Waals surface area contributed by atoms with Crippen LogP contribution in [0, 0.1) is 6.92 Å². The first-order chi connectivity index (χ1) is 8.88. The Hall–Kier alpha value is -0.950. The lowest BCUT2D eigenvalue weighted by Gasteiger charge is -2.12. The number of aromatic nitrogens is 1. The lowest BCUT2D eigenvalue weighted by molar-refractivity contribution is 0.565. The van der Waals surface area contributed by atoms with E-state index in [-0.39, 0.29) is 10.9 Å². The molecule has 0 aliphatic carbocycles. The maximum absolute atomic E-state index is 12.2. The molecule has 0 amide bonds. The summed E-state index contributed by atoms with van der Waals surface area (Å²) in [7, 11) is -3.56. The van der Waals surface area contributed by atoms with Gasteiger partial charge in [-0.25, -0.2) is 13.1 Å². The molecule has 1 aromatic carbocycles. The molecule has 1 N–H and O–H groups in total. The van der Waals surface area contributed by atoms with Crippen LogP contribution in [0.15, 0.2) is 35.2 Å². The minimum atomic E-state index is -3.56. The number of hydrogen-bond donors (Lipinski definition) is 1. The van der Waals surface area contributed by atoms with Crippen molar-refractivity contribution in [2.24, 2.45) is 0 Å². The SMILES string of the molecule is Cc1cc(C(C)NS(=O)(=O)c2ccc(Cl)cc2)ns1. The average molecular weight is 317 g/mol. The Balaban J connectivity index is 2.19. The van der Waals surface area contributed by atoms with Gasteiger partial charge in [0.05, 0.1) is 16.6 Å². The molecule has 0 saturated heterocycles. The second-order valence-electron chi connectivity index (χ2n) is 4.16. The fraction of sp³-hybridized carbons (Fsp3) is 0.250. The molecule has 1 unspecified atom stereocenters. The van der Waals surface area contributed by atoms with Gasteiger partial charge in [0.2, 0.25) is 10.0 Å². The molecule has 2 rings (SSSR count). The van der Waals surface area contributed by atoms with E-state index in [0.717, 1.165) is 10.6 Å². The van der Waals surface area contributed by atoms with Crippen LogP contribution in [0.1, 0.15) is 23.5 Å². The van der Waals surface area contributed by atoms with Gasteiger partial charge in [0.25, 0.3) is 0 Å². The molecule has 7 heteroatoms. The lowest BCUT2D eigenvalue weighted by atomic mass is 10.2. The Morgan fingerprint density at radius 3 is 2.47 bits per heavy atom. The maximum atomic E-state index is 12.2. The first kappa shape index (κ1) is 14.5. The Labute approximate surface area is 121 Å². The van der Waals surface area contributed by atoms with E-state index >= 15 is 0 Å². The van der Waals surface area contributed by atoms with Crippen molar-refractivity contribution in [3.05, 3.63) is 45.9 Å². The van der Waals surface area contributed by atoms with Gasteiger partial charge in [-0.05, 0) is 55.7 Å². The number of hydrogen-bond acceptors (Lipinski definition) is 4. The van der Waals surface area contributed by atoms with Gasteiger partial charge in [0.1, 0.15) is 0 Å². The van der Waals surface area contributed by atoms with Crippen LogP contribution in [-0.2, 0) is 10.0 Å². The zero-order valence-electron chi connectivity index (χ0n) is 10.4. The van der Waals surface area contributed by atoms with Crippen molar-refractivity contribution in [3.8, 4) is 0 Å². The van der Waals surface area contributed by atoms with E-state index in [9.17, 15) is 8.42 Å². The highest BCUT2D eigenvalue weighted by molar-refractivity contribution is 7.89. The molecule has 0 saturated carbocycles. The minimum absolute atomic E-state index is 0.190. The van der Waals surface area contributed by atoms with Crippen molar-refractivity contribution in [2.45, 2.75) is 24.8 Å². The molecular formula is C12H13ClN2O2S2. The van der Waals surface area contributed by atoms with Crippen LogP contribution in [0.5, 0.6) is 0 Å². The fourth-order valence-corrected chi connectivity index (χ4v) is 3.54. The minimum Gasteiger partial charge on any atom is -0.207 e. The predicted molar refractivity (Wildman–Crippen MR) is 77.0 cm³/mol. The summed E-state index contributed by atoms with van der Waals surface area (Å²) in [6.45, 7) is 3.70. The number of nitrogens with zero attached hydrogens (tertiary/aromatic N) is 1. The van der Waals surface area contributed by atoms with E-state index in [0.29, 0.717) is 5.02 Å². The van der Waals surface area contributed by atoms with E-state index in [1.54, 1.807) is 19.1 Å². The molecular weight excluding hydrogens is 304 g/mol. The number of rotatable bonds is 4. The number of aryl methyl sites for hydroxylation is 1. The molecule has 2 aromatic rings. The largest absolute Gasteiger partial charge is 0.241 e. The monoisotopic (exact) mass is 316 g/mol. The predicted octanol–water partition coefficient (Wildman–Crippen LogP) is 3.14. The molecule has 102 valence electrons. The first-order valence-corrected chi connectivity index (χ1v) is 8.23. The van der Waals surface area contributed by atoms with Crippen LogP contribution in [0.25, 0.3) is 0 Å². The molecule has 0 fully saturated rings. The number of nitrogens with one attached hydrogen (secondary N) is 1. The second-order valence-corrected chi connectivity index (χ2v) is 7.32. The van der Waals surface area contributed by atoms with E-state index < -0.39 is 10.0 Å². The van der Waals surface area contributed by atoms with Crippen LogP contribution < -0.4 is 4.72 Å². The maximum Gasteiger partial charge on any atom is 0.241 e. The number of sulfonamides is 1. The molecule has 0 radical (unpaired) electrons. The third-order valence-electron chi connectivity index (χ3n) is 2.55. The Morgan fingerprint density at radius 1 is 1.32 bits per heavy atom.